The Labute approximate surface area is 147 Å². The lowest BCUT2D eigenvalue weighted by molar-refractivity contribution is 0.311. The smallest absolute Gasteiger partial charge is 0.195 e. The Kier molecular flexibility index (Phi) is 7.07. The van der Waals surface area contributed by atoms with E-state index in [1.54, 1.807) is 26.3 Å². The number of guanidine groups is 1. The van der Waals surface area contributed by atoms with Crippen molar-refractivity contribution >= 4 is 11.6 Å². The van der Waals surface area contributed by atoms with Crippen molar-refractivity contribution in [1.82, 2.24) is 5.32 Å². The lowest BCUT2D eigenvalue weighted by atomic mass is 10.1. The average molecular weight is 345 g/mol. The minimum Gasteiger partial charge on any atom is -0.493 e. The van der Waals surface area contributed by atoms with Crippen molar-refractivity contribution in [3.63, 3.8) is 0 Å². The van der Waals surface area contributed by atoms with Crippen LogP contribution >= 0.6 is 0 Å². The van der Waals surface area contributed by atoms with E-state index in [9.17, 15) is 4.39 Å². The van der Waals surface area contributed by atoms with Gasteiger partial charge in [-0.1, -0.05) is 18.2 Å². The Bertz CT molecular complexity index is 720. The molecule has 6 heteroatoms. The summed E-state index contributed by atoms with van der Waals surface area (Å²) in [5.41, 5.74) is 1.50. The lowest BCUT2D eigenvalue weighted by Crippen LogP contribution is -2.32. The molecule has 0 saturated carbocycles. The molecule has 0 aliphatic rings. The molecule has 0 saturated heterocycles. The summed E-state index contributed by atoms with van der Waals surface area (Å²) in [7, 11) is 3.29. The van der Waals surface area contributed by atoms with Crippen LogP contribution in [0.15, 0.2) is 47.5 Å². The highest BCUT2D eigenvalue weighted by Gasteiger charge is 2.07. The second-order valence-electron chi connectivity index (χ2n) is 5.26. The standard InChI is InChI=1S/C19H24FN3O2/c1-4-25-18-13-15(9-10-17(18)24-3)23-19(21-2)22-12-11-14-7-5-6-8-16(14)20/h5-10,13H,4,11-12H2,1-3H3,(H2,21,22,23). The zero-order valence-electron chi connectivity index (χ0n) is 14.8. The Morgan fingerprint density at radius 1 is 1.16 bits per heavy atom. The maximum absolute atomic E-state index is 13.6. The van der Waals surface area contributed by atoms with Crippen LogP contribution in [-0.4, -0.2) is 33.3 Å². The van der Waals surface area contributed by atoms with Crippen LogP contribution in [-0.2, 0) is 6.42 Å². The normalized spacial score (nSPS) is 11.1. The van der Waals surface area contributed by atoms with Crippen LogP contribution in [0.4, 0.5) is 10.1 Å². The van der Waals surface area contributed by atoms with Crippen LogP contribution < -0.4 is 20.1 Å². The summed E-state index contributed by atoms with van der Waals surface area (Å²) in [5.74, 6) is 1.75. The second kappa shape index (κ2) is 9.52. The molecule has 0 atom stereocenters. The van der Waals surface area contributed by atoms with Crippen LogP contribution in [0, 0.1) is 5.82 Å². The van der Waals surface area contributed by atoms with Gasteiger partial charge in [-0.05, 0) is 37.1 Å². The molecule has 2 N–H and O–H groups in total. The Hall–Kier alpha value is -2.76. The van der Waals surface area contributed by atoms with Crippen LogP contribution in [0.5, 0.6) is 11.5 Å². The predicted molar refractivity (Wildman–Crippen MR) is 99.3 cm³/mol. The van der Waals surface area contributed by atoms with Gasteiger partial charge in [0.15, 0.2) is 17.5 Å². The first-order chi connectivity index (χ1) is 12.2. The molecule has 2 rings (SSSR count). The van der Waals surface area contributed by atoms with E-state index in [1.165, 1.54) is 6.07 Å². The molecule has 25 heavy (non-hydrogen) atoms. The van der Waals surface area contributed by atoms with E-state index in [1.807, 2.05) is 31.2 Å². The van der Waals surface area contributed by atoms with E-state index in [-0.39, 0.29) is 5.82 Å². The number of rotatable bonds is 7. The fraction of sp³-hybridized carbons (Fsp3) is 0.316. The van der Waals surface area contributed by atoms with E-state index >= 15 is 0 Å². The molecular weight excluding hydrogens is 321 g/mol. The van der Waals surface area contributed by atoms with Gasteiger partial charge in [-0.25, -0.2) is 4.39 Å². The van der Waals surface area contributed by atoms with Gasteiger partial charge < -0.3 is 20.1 Å². The summed E-state index contributed by atoms with van der Waals surface area (Å²) in [6, 6.07) is 12.3. The quantitative estimate of drug-likeness (QED) is 0.596. The van der Waals surface area contributed by atoms with E-state index < -0.39 is 0 Å². The van der Waals surface area contributed by atoms with Gasteiger partial charge in [-0.15, -0.1) is 0 Å². The number of hydrogen-bond acceptors (Lipinski definition) is 3. The van der Waals surface area contributed by atoms with Crippen LogP contribution in [0.1, 0.15) is 12.5 Å². The molecule has 5 nitrogen and oxygen atoms in total. The third-order valence-electron chi connectivity index (χ3n) is 3.59. The predicted octanol–water partition coefficient (Wildman–Crippen LogP) is 3.46. The van der Waals surface area contributed by atoms with E-state index in [0.29, 0.717) is 42.6 Å². The third-order valence-corrected chi connectivity index (χ3v) is 3.59. The molecule has 134 valence electrons. The van der Waals surface area contributed by atoms with E-state index in [0.717, 1.165) is 5.69 Å². The molecule has 0 fully saturated rings. The van der Waals surface area contributed by atoms with Crippen molar-refractivity contribution in [3.05, 3.63) is 53.8 Å². The first kappa shape index (κ1) is 18.6. The number of ether oxygens (including phenoxy) is 2. The molecule has 0 radical (unpaired) electrons. The fourth-order valence-electron chi connectivity index (χ4n) is 2.36. The summed E-state index contributed by atoms with van der Waals surface area (Å²) in [4.78, 5) is 4.18. The maximum Gasteiger partial charge on any atom is 0.195 e. The summed E-state index contributed by atoms with van der Waals surface area (Å²) >= 11 is 0. The molecule has 0 aliphatic carbocycles. The molecular formula is C19H24FN3O2. The zero-order chi connectivity index (χ0) is 18.1. The number of nitrogens with zero attached hydrogens (tertiary/aromatic N) is 1. The highest BCUT2D eigenvalue weighted by Crippen LogP contribution is 2.30. The number of nitrogens with one attached hydrogen (secondary N) is 2. The Morgan fingerprint density at radius 2 is 1.96 bits per heavy atom. The first-order valence-corrected chi connectivity index (χ1v) is 8.19. The number of aliphatic imine (C=N–C) groups is 1. The molecule has 2 aromatic rings. The molecule has 0 aromatic heterocycles. The maximum atomic E-state index is 13.6. The Balaban J connectivity index is 1.95. The fourth-order valence-corrected chi connectivity index (χ4v) is 2.36. The Morgan fingerprint density at radius 3 is 2.64 bits per heavy atom. The minimum atomic E-state index is -0.191. The van der Waals surface area contributed by atoms with Crippen molar-refractivity contribution in [2.75, 3.05) is 32.6 Å². The van der Waals surface area contributed by atoms with Crippen LogP contribution in [0.25, 0.3) is 0 Å². The number of methoxy groups -OCH3 is 1. The third kappa shape index (κ3) is 5.38. The zero-order valence-corrected chi connectivity index (χ0v) is 14.8. The van der Waals surface area contributed by atoms with Gasteiger partial charge in [-0.3, -0.25) is 4.99 Å². The molecule has 0 amide bonds. The van der Waals surface area contributed by atoms with Gasteiger partial charge in [0, 0.05) is 25.3 Å². The molecule has 0 aliphatic heterocycles. The number of halogens is 1. The van der Waals surface area contributed by atoms with Gasteiger partial charge in [0.05, 0.1) is 13.7 Å². The monoisotopic (exact) mass is 345 g/mol. The largest absolute Gasteiger partial charge is 0.493 e. The van der Waals surface area contributed by atoms with Gasteiger partial charge in [-0.2, -0.15) is 0 Å². The van der Waals surface area contributed by atoms with Gasteiger partial charge in [0.1, 0.15) is 5.82 Å². The van der Waals surface area contributed by atoms with Crippen molar-refractivity contribution in [1.29, 1.82) is 0 Å². The second-order valence-corrected chi connectivity index (χ2v) is 5.26. The van der Waals surface area contributed by atoms with Crippen molar-refractivity contribution < 1.29 is 13.9 Å². The van der Waals surface area contributed by atoms with Gasteiger partial charge in [0.25, 0.3) is 0 Å². The van der Waals surface area contributed by atoms with Gasteiger partial charge in [0.2, 0.25) is 0 Å². The van der Waals surface area contributed by atoms with Gasteiger partial charge >= 0.3 is 0 Å². The number of benzene rings is 2. The summed E-state index contributed by atoms with van der Waals surface area (Å²) < 4.78 is 24.5. The average Bonchev–Trinajstić information content (AvgIpc) is 2.63. The summed E-state index contributed by atoms with van der Waals surface area (Å²) in [6.45, 7) is 3.03. The summed E-state index contributed by atoms with van der Waals surface area (Å²) in [6.07, 6.45) is 0.570. The van der Waals surface area contributed by atoms with Crippen LogP contribution in [0.3, 0.4) is 0 Å². The topological polar surface area (TPSA) is 54.9 Å². The number of anilines is 1. The number of hydrogen-bond donors (Lipinski definition) is 2. The first-order valence-electron chi connectivity index (χ1n) is 8.19. The van der Waals surface area contributed by atoms with E-state index in [4.69, 9.17) is 9.47 Å². The molecule has 0 spiro atoms. The summed E-state index contributed by atoms with van der Waals surface area (Å²) in [5, 5.41) is 6.36. The van der Waals surface area contributed by atoms with Crippen molar-refractivity contribution in [2.24, 2.45) is 4.99 Å². The molecule has 0 unspecified atom stereocenters. The van der Waals surface area contributed by atoms with E-state index in [2.05, 4.69) is 15.6 Å². The minimum absolute atomic E-state index is 0.191. The molecule has 2 aromatic carbocycles. The highest BCUT2D eigenvalue weighted by atomic mass is 19.1. The lowest BCUT2D eigenvalue weighted by Gasteiger charge is -2.14. The SMILES string of the molecule is CCOc1cc(NC(=NC)NCCc2ccccc2F)ccc1OC. The van der Waals surface area contributed by atoms with Crippen LogP contribution in [0.2, 0.25) is 0 Å². The molecule has 0 bridgehead atoms. The van der Waals surface area contributed by atoms with Crippen molar-refractivity contribution in [2.45, 2.75) is 13.3 Å². The molecule has 0 heterocycles. The van der Waals surface area contributed by atoms with Crippen molar-refractivity contribution in [3.8, 4) is 11.5 Å². The highest BCUT2D eigenvalue weighted by molar-refractivity contribution is 5.93.